The van der Waals surface area contributed by atoms with E-state index in [1.807, 2.05) is 12.1 Å². The Kier molecular flexibility index (Phi) is 3.92. The van der Waals surface area contributed by atoms with E-state index < -0.39 is 0 Å². The van der Waals surface area contributed by atoms with Crippen LogP contribution < -0.4 is 16.0 Å². The molecule has 4 rings (SSSR count). The van der Waals surface area contributed by atoms with Crippen LogP contribution >= 0.6 is 0 Å². The smallest absolute Gasteiger partial charge is 0.414 e. The van der Waals surface area contributed by atoms with Crippen LogP contribution in [0.3, 0.4) is 0 Å². The number of cyclic esters (lactones) is 1. The van der Waals surface area contributed by atoms with Crippen LogP contribution in [0.5, 0.6) is 0 Å². The summed E-state index contributed by atoms with van der Waals surface area (Å²) in [7, 11) is 0. The average Bonchev–Trinajstić information content (AvgIpc) is 3.00. The van der Waals surface area contributed by atoms with Gasteiger partial charge in [-0.15, -0.1) is 0 Å². The number of hydrogen-bond donors (Lipinski definition) is 2. The maximum absolute atomic E-state index is 12.2. The predicted octanol–water partition coefficient (Wildman–Crippen LogP) is 2.59. The Bertz CT molecular complexity index is 667. The summed E-state index contributed by atoms with van der Waals surface area (Å²) in [6, 6.07) is 6.24. The van der Waals surface area contributed by atoms with Crippen molar-refractivity contribution in [3.8, 4) is 0 Å². The Hall–Kier alpha value is -2.08. The Morgan fingerprint density at radius 3 is 2.67 bits per heavy atom. The van der Waals surface area contributed by atoms with Crippen LogP contribution in [0, 0.1) is 5.92 Å². The second-order valence-electron chi connectivity index (χ2n) is 7.07. The third-order valence-corrected chi connectivity index (χ3v) is 5.57. The zero-order valence-electron chi connectivity index (χ0n) is 13.7. The van der Waals surface area contributed by atoms with E-state index in [1.54, 1.807) is 4.90 Å². The summed E-state index contributed by atoms with van der Waals surface area (Å²) in [6.07, 6.45) is 4.45. The fraction of sp³-hybridized carbons (Fsp3) is 0.556. The Morgan fingerprint density at radius 2 is 1.96 bits per heavy atom. The number of anilines is 2. The van der Waals surface area contributed by atoms with Gasteiger partial charge in [-0.05, 0) is 55.2 Å². The van der Waals surface area contributed by atoms with E-state index in [4.69, 9.17) is 10.5 Å². The van der Waals surface area contributed by atoms with E-state index in [0.717, 1.165) is 37.1 Å². The summed E-state index contributed by atoms with van der Waals surface area (Å²) in [5, 5.41) is 2.97. The molecule has 1 aromatic carbocycles. The second kappa shape index (κ2) is 6.09. The molecule has 0 bridgehead atoms. The number of amides is 2. The minimum absolute atomic E-state index is 0.0588. The number of nitrogens with one attached hydrogen (secondary N) is 1. The van der Waals surface area contributed by atoms with Crippen molar-refractivity contribution in [2.45, 2.75) is 44.1 Å². The van der Waals surface area contributed by atoms with Crippen molar-refractivity contribution in [3.05, 3.63) is 23.8 Å². The van der Waals surface area contributed by atoms with Gasteiger partial charge in [0.05, 0.1) is 6.54 Å². The van der Waals surface area contributed by atoms with Gasteiger partial charge in [0.15, 0.2) is 0 Å². The monoisotopic (exact) mass is 329 g/mol. The van der Waals surface area contributed by atoms with Crippen molar-refractivity contribution in [1.82, 2.24) is 0 Å². The second-order valence-corrected chi connectivity index (χ2v) is 7.07. The molecule has 128 valence electrons. The lowest BCUT2D eigenvalue weighted by Gasteiger charge is -2.36. The maximum atomic E-state index is 12.2. The molecule has 2 amide bonds. The highest BCUT2D eigenvalue weighted by molar-refractivity contribution is 5.97. The number of rotatable bonds is 2. The molecule has 2 heterocycles. The lowest BCUT2D eigenvalue weighted by atomic mass is 9.72. The standard InChI is InChI=1S/C18H23N3O3/c19-12-3-1-11(2-4-12)15-10-17(22)20-16-9-13(5-6-14(15)16)21-7-8-24-18(21)23/h5-6,9,11-12,15H,1-4,7-8,10,19H2,(H,20,22). The molecule has 1 aromatic rings. The number of carbonyl (C=O) groups is 2. The van der Waals surface area contributed by atoms with E-state index in [-0.39, 0.29) is 17.9 Å². The van der Waals surface area contributed by atoms with Gasteiger partial charge in [0, 0.05) is 23.8 Å². The van der Waals surface area contributed by atoms with Gasteiger partial charge in [0.2, 0.25) is 5.91 Å². The molecule has 1 atom stereocenters. The topological polar surface area (TPSA) is 84.7 Å². The zero-order valence-corrected chi connectivity index (χ0v) is 13.7. The maximum Gasteiger partial charge on any atom is 0.414 e. The molecule has 6 nitrogen and oxygen atoms in total. The largest absolute Gasteiger partial charge is 0.447 e. The molecular weight excluding hydrogens is 306 g/mol. The molecule has 0 aromatic heterocycles. The fourth-order valence-corrected chi connectivity index (χ4v) is 4.25. The van der Waals surface area contributed by atoms with Crippen LogP contribution in [-0.4, -0.2) is 31.2 Å². The van der Waals surface area contributed by atoms with E-state index in [9.17, 15) is 9.59 Å². The molecule has 3 aliphatic rings. The van der Waals surface area contributed by atoms with Crippen molar-refractivity contribution in [2.24, 2.45) is 11.7 Å². The number of carbonyl (C=O) groups excluding carboxylic acids is 2. The number of fused-ring (bicyclic) bond motifs is 1. The lowest BCUT2D eigenvalue weighted by molar-refractivity contribution is -0.117. The molecule has 6 heteroatoms. The summed E-state index contributed by atoms with van der Waals surface area (Å²) in [6.45, 7) is 0.961. The van der Waals surface area contributed by atoms with Crippen molar-refractivity contribution < 1.29 is 14.3 Å². The van der Waals surface area contributed by atoms with Crippen LogP contribution in [0.4, 0.5) is 16.2 Å². The molecule has 1 unspecified atom stereocenters. The quantitative estimate of drug-likeness (QED) is 0.873. The fourth-order valence-electron chi connectivity index (χ4n) is 4.25. The van der Waals surface area contributed by atoms with Gasteiger partial charge in [-0.2, -0.15) is 0 Å². The van der Waals surface area contributed by atoms with Gasteiger partial charge >= 0.3 is 6.09 Å². The number of ether oxygens (including phenoxy) is 1. The summed E-state index contributed by atoms with van der Waals surface area (Å²) in [5.74, 6) is 0.821. The first-order valence-corrected chi connectivity index (χ1v) is 8.75. The van der Waals surface area contributed by atoms with E-state index in [2.05, 4.69) is 11.4 Å². The summed E-state index contributed by atoms with van der Waals surface area (Å²) >= 11 is 0. The first kappa shape index (κ1) is 15.4. The molecule has 1 saturated carbocycles. The van der Waals surface area contributed by atoms with Crippen molar-refractivity contribution >= 4 is 23.4 Å². The summed E-state index contributed by atoms with van der Waals surface area (Å²) < 4.78 is 5.00. The van der Waals surface area contributed by atoms with Gasteiger partial charge in [0.25, 0.3) is 0 Å². The molecule has 0 spiro atoms. The third-order valence-electron chi connectivity index (χ3n) is 5.57. The number of hydrogen-bond acceptors (Lipinski definition) is 4. The van der Waals surface area contributed by atoms with Gasteiger partial charge in [-0.1, -0.05) is 6.07 Å². The van der Waals surface area contributed by atoms with Gasteiger partial charge < -0.3 is 15.8 Å². The van der Waals surface area contributed by atoms with Crippen LogP contribution in [0.1, 0.15) is 43.6 Å². The molecule has 1 aliphatic carbocycles. The molecule has 0 radical (unpaired) electrons. The Balaban J connectivity index is 1.62. The van der Waals surface area contributed by atoms with E-state index in [0.29, 0.717) is 31.5 Å². The molecule has 2 aliphatic heterocycles. The molecule has 3 N–H and O–H groups in total. The van der Waals surface area contributed by atoms with Crippen LogP contribution in [0.25, 0.3) is 0 Å². The first-order valence-electron chi connectivity index (χ1n) is 8.75. The molecule has 1 saturated heterocycles. The van der Waals surface area contributed by atoms with Crippen molar-refractivity contribution in [1.29, 1.82) is 0 Å². The average molecular weight is 329 g/mol. The van der Waals surface area contributed by atoms with E-state index >= 15 is 0 Å². The third kappa shape index (κ3) is 2.75. The van der Waals surface area contributed by atoms with Crippen LogP contribution in [-0.2, 0) is 9.53 Å². The Morgan fingerprint density at radius 1 is 1.17 bits per heavy atom. The Labute approximate surface area is 141 Å². The lowest BCUT2D eigenvalue weighted by Crippen LogP contribution is -2.33. The van der Waals surface area contributed by atoms with Crippen LogP contribution in [0.2, 0.25) is 0 Å². The first-order chi connectivity index (χ1) is 11.6. The SMILES string of the molecule is NC1CCC(C2CC(=O)Nc3cc(N4CCOC4=O)ccc32)CC1. The normalized spacial score (nSPS) is 29.9. The highest BCUT2D eigenvalue weighted by atomic mass is 16.6. The van der Waals surface area contributed by atoms with Crippen LogP contribution in [0.15, 0.2) is 18.2 Å². The van der Waals surface area contributed by atoms with Gasteiger partial charge in [-0.3, -0.25) is 9.69 Å². The molecule has 2 fully saturated rings. The number of benzene rings is 1. The molecule has 24 heavy (non-hydrogen) atoms. The zero-order chi connectivity index (χ0) is 16.7. The molecular formula is C18H23N3O3. The van der Waals surface area contributed by atoms with Gasteiger partial charge in [-0.25, -0.2) is 4.79 Å². The number of nitrogens with two attached hydrogens (primary N) is 1. The minimum Gasteiger partial charge on any atom is -0.447 e. The summed E-state index contributed by atoms with van der Waals surface area (Å²) in [4.78, 5) is 25.6. The highest BCUT2D eigenvalue weighted by Crippen LogP contribution is 2.44. The summed E-state index contributed by atoms with van der Waals surface area (Å²) in [5.41, 5.74) is 8.83. The van der Waals surface area contributed by atoms with Gasteiger partial charge in [0.1, 0.15) is 6.61 Å². The minimum atomic E-state index is -0.324. The number of nitrogens with zero attached hydrogens (tertiary/aromatic N) is 1. The van der Waals surface area contributed by atoms with Crippen molar-refractivity contribution in [3.63, 3.8) is 0 Å². The van der Waals surface area contributed by atoms with Crippen molar-refractivity contribution in [2.75, 3.05) is 23.4 Å². The predicted molar refractivity (Wildman–Crippen MR) is 91.1 cm³/mol. The highest BCUT2D eigenvalue weighted by Gasteiger charge is 2.34. The van der Waals surface area contributed by atoms with E-state index in [1.165, 1.54) is 5.56 Å².